The van der Waals surface area contributed by atoms with E-state index in [2.05, 4.69) is 4.98 Å². The molecule has 7 heteroatoms. The molecule has 0 radical (unpaired) electrons. The Labute approximate surface area is 170 Å². The molecule has 1 saturated carbocycles. The van der Waals surface area contributed by atoms with Gasteiger partial charge in [0.1, 0.15) is 11.4 Å². The van der Waals surface area contributed by atoms with Crippen LogP contribution in [0.4, 0.5) is 0 Å². The minimum Gasteiger partial charge on any atom is -0.497 e. The first-order valence-electron chi connectivity index (χ1n) is 9.58. The number of benzene rings is 1. The molecule has 1 aromatic heterocycles. The van der Waals surface area contributed by atoms with Crippen LogP contribution >= 0.6 is 0 Å². The van der Waals surface area contributed by atoms with Gasteiger partial charge >= 0.3 is 5.97 Å². The van der Waals surface area contributed by atoms with Gasteiger partial charge in [-0.3, -0.25) is 9.59 Å². The molecule has 29 heavy (non-hydrogen) atoms. The molecule has 1 amide bonds. The second-order valence-corrected chi connectivity index (χ2v) is 7.33. The van der Waals surface area contributed by atoms with E-state index in [0.29, 0.717) is 28.1 Å². The van der Waals surface area contributed by atoms with Gasteiger partial charge < -0.3 is 19.4 Å². The number of hydrogen-bond acceptors (Lipinski definition) is 5. The summed E-state index contributed by atoms with van der Waals surface area (Å²) in [5.41, 5.74) is 2.34. The van der Waals surface area contributed by atoms with Crippen molar-refractivity contribution in [3.63, 3.8) is 0 Å². The van der Waals surface area contributed by atoms with E-state index in [-0.39, 0.29) is 23.4 Å². The summed E-state index contributed by atoms with van der Waals surface area (Å²) in [5, 5.41) is 0. The Morgan fingerprint density at radius 1 is 1.10 bits per heavy atom. The molecule has 1 atom stereocenters. The van der Waals surface area contributed by atoms with Crippen molar-refractivity contribution in [1.82, 2.24) is 9.88 Å². The third kappa shape index (κ3) is 3.90. The second kappa shape index (κ2) is 8.11. The molecule has 154 valence electrons. The van der Waals surface area contributed by atoms with Crippen LogP contribution in [-0.4, -0.2) is 53.8 Å². The van der Waals surface area contributed by atoms with Gasteiger partial charge in [-0.25, -0.2) is 4.79 Å². The van der Waals surface area contributed by atoms with Gasteiger partial charge in [-0.1, -0.05) is 0 Å². The van der Waals surface area contributed by atoms with Gasteiger partial charge in [0.2, 0.25) is 0 Å². The number of H-pyrrole nitrogens is 1. The SMILES string of the molecule is COC(=O)c1[nH]c(C)c(C(=O)C(C)N(C(=O)c2ccc(OC)cc2)C2CC2)c1C. The largest absolute Gasteiger partial charge is 0.497 e. The van der Waals surface area contributed by atoms with Crippen molar-refractivity contribution in [3.05, 3.63) is 52.3 Å². The van der Waals surface area contributed by atoms with Crippen LogP contribution in [0.3, 0.4) is 0 Å². The Hall–Kier alpha value is -3.09. The lowest BCUT2D eigenvalue weighted by Crippen LogP contribution is -2.45. The maximum atomic E-state index is 13.3. The molecule has 1 aromatic carbocycles. The van der Waals surface area contributed by atoms with Crippen LogP contribution in [0.15, 0.2) is 24.3 Å². The molecule has 0 aliphatic heterocycles. The molecule has 3 rings (SSSR count). The summed E-state index contributed by atoms with van der Waals surface area (Å²) >= 11 is 0. The van der Waals surface area contributed by atoms with Gasteiger partial charge in [0.05, 0.1) is 20.3 Å². The number of amides is 1. The number of ether oxygens (including phenoxy) is 2. The molecule has 1 aliphatic rings. The number of aromatic nitrogens is 1. The number of aryl methyl sites for hydroxylation is 1. The highest BCUT2D eigenvalue weighted by atomic mass is 16.5. The van der Waals surface area contributed by atoms with Gasteiger partial charge in [-0.15, -0.1) is 0 Å². The highest BCUT2D eigenvalue weighted by Crippen LogP contribution is 2.32. The molecule has 1 fully saturated rings. The van der Waals surface area contributed by atoms with Crippen LogP contribution in [0.25, 0.3) is 0 Å². The lowest BCUT2D eigenvalue weighted by Gasteiger charge is -2.29. The van der Waals surface area contributed by atoms with Gasteiger partial charge in [-0.2, -0.15) is 0 Å². The molecule has 1 heterocycles. The average Bonchev–Trinajstić information content (AvgIpc) is 3.51. The van der Waals surface area contributed by atoms with Crippen LogP contribution in [0.5, 0.6) is 5.75 Å². The monoisotopic (exact) mass is 398 g/mol. The van der Waals surface area contributed by atoms with E-state index < -0.39 is 12.0 Å². The molecule has 0 saturated heterocycles. The maximum Gasteiger partial charge on any atom is 0.354 e. The first-order valence-corrected chi connectivity index (χ1v) is 9.58. The maximum absolute atomic E-state index is 13.3. The average molecular weight is 398 g/mol. The third-order valence-electron chi connectivity index (χ3n) is 5.38. The molecular formula is C22H26N2O5. The van der Waals surface area contributed by atoms with E-state index in [1.165, 1.54) is 7.11 Å². The number of esters is 1. The topological polar surface area (TPSA) is 88.7 Å². The zero-order valence-electron chi connectivity index (χ0n) is 17.4. The molecule has 7 nitrogen and oxygen atoms in total. The van der Waals surface area contributed by atoms with Crippen LogP contribution in [0, 0.1) is 13.8 Å². The molecule has 1 N–H and O–H groups in total. The molecule has 2 aromatic rings. The van der Waals surface area contributed by atoms with Crippen molar-refractivity contribution in [3.8, 4) is 5.75 Å². The third-order valence-corrected chi connectivity index (χ3v) is 5.38. The number of carbonyl (C=O) groups excluding carboxylic acids is 3. The number of nitrogens with zero attached hydrogens (tertiary/aromatic N) is 1. The van der Waals surface area contributed by atoms with Gasteiger partial charge in [-0.05, 0) is 63.4 Å². The minimum absolute atomic E-state index is 0.0446. The minimum atomic E-state index is -0.657. The van der Waals surface area contributed by atoms with Gasteiger partial charge in [0.15, 0.2) is 5.78 Å². The first-order chi connectivity index (χ1) is 13.8. The number of rotatable bonds is 7. The number of Topliss-reactive ketones (excluding diaryl/α,β-unsaturated/α-hetero) is 1. The van der Waals surface area contributed by atoms with Crippen LogP contribution < -0.4 is 4.74 Å². The van der Waals surface area contributed by atoms with E-state index in [4.69, 9.17) is 9.47 Å². The van der Waals surface area contributed by atoms with E-state index >= 15 is 0 Å². The number of nitrogens with one attached hydrogen (secondary N) is 1. The highest BCUT2D eigenvalue weighted by Gasteiger charge is 2.40. The molecule has 0 bridgehead atoms. The van der Waals surface area contributed by atoms with E-state index in [1.807, 2.05) is 0 Å². The fraction of sp³-hybridized carbons (Fsp3) is 0.409. The smallest absolute Gasteiger partial charge is 0.354 e. The number of methoxy groups -OCH3 is 2. The van der Waals surface area contributed by atoms with Crippen molar-refractivity contribution in [1.29, 1.82) is 0 Å². The van der Waals surface area contributed by atoms with Crippen LogP contribution in [0.2, 0.25) is 0 Å². The Morgan fingerprint density at radius 3 is 2.24 bits per heavy atom. The Balaban J connectivity index is 1.91. The molecule has 1 aliphatic carbocycles. The van der Waals surface area contributed by atoms with E-state index in [0.717, 1.165) is 12.8 Å². The normalized spacial score (nSPS) is 14.2. The lowest BCUT2D eigenvalue weighted by atomic mass is 9.99. The summed E-state index contributed by atoms with van der Waals surface area (Å²) in [6.07, 6.45) is 1.75. The Kier molecular flexibility index (Phi) is 5.77. The van der Waals surface area contributed by atoms with Crippen molar-refractivity contribution < 1.29 is 23.9 Å². The zero-order chi connectivity index (χ0) is 21.3. The lowest BCUT2D eigenvalue weighted by molar-refractivity contribution is 0.0591. The van der Waals surface area contributed by atoms with Gasteiger partial charge in [0, 0.05) is 22.9 Å². The quantitative estimate of drug-likeness (QED) is 0.571. The van der Waals surface area contributed by atoms with Crippen molar-refractivity contribution in [2.75, 3.05) is 14.2 Å². The van der Waals surface area contributed by atoms with Crippen molar-refractivity contribution in [2.24, 2.45) is 0 Å². The van der Waals surface area contributed by atoms with E-state index in [1.54, 1.807) is 57.0 Å². The predicted octanol–water partition coefficient (Wildman–Crippen LogP) is 3.30. The number of hydrogen-bond donors (Lipinski definition) is 1. The summed E-state index contributed by atoms with van der Waals surface area (Å²) in [7, 11) is 2.86. The molecule has 1 unspecified atom stereocenters. The summed E-state index contributed by atoms with van der Waals surface area (Å²) in [6, 6.07) is 6.26. The second-order valence-electron chi connectivity index (χ2n) is 7.33. The Morgan fingerprint density at radius 2 is 1.72 bits per heavy atom. The van der Waals surface area contributed by atoms with Crippen molar-refractivity contribution in [2.45, 2.75) is 45.7 Å². The number of ketones is 1. The molecular weight excluding hydrogens is 372 g/mol. The summed E-state index contributed by atoms with van der Waals surface area (Å²) in [4.78, 5) is 43.1. The van der Waals surface area contributed by atoms with Crippen LogP contribution in [-0.2, 0) is 4.74 Å². The van der Waals surface area contributed by atoms with E-state index in [9.17, 15) is 14.4 Å². The number of aromatic amines is 1. The molecule has 0 spiro atoms. The Bertz CT molecular complexity index is 941. The summed E-state index contributed by atoms with van der Waals surface area (Å²) < 4.78 is 9.93. The fourth-order valence-electron chi connectivity index (χ4n) is 3.65. The van der Waals surface area contributed by atoms with Crippen molar-refractivity contribution >= 4 is 17.7 Å². The predicted molar refractivity (Wildman–Crippen MR) is 108 cm³/mol. The summed E-state index contributed by atoms with van der Waals surface area (Å²) in [6.45, 7) is 5.19. The first kappa shape index (κ1) is 20.6. The number of carbonyl (C=O) groups is 3. The zero-order valence-corrected chi connectivity index (χ0v) is 17.4. The fourth-order valence-corrected chi connectivity index (χ4v) is 3.65. The van der Waals surface area contributed by atoms with Crippen LogP contribution in [0.1, 0.15) is 62.2 Å². The highest BCUT2D eigenvalue weighted by molar-refractivity contribution is 6.07. The summed E-state index contributed by atoms with van der Waals surface area (Å²) in [5.74, 6) is -0.238. The standard InChI is InChI=1S/C22H26N2O5/c1-12-18(13(2)23-19(12)22(27)29-5)20(25)14(3)24(16-8-9-16)21(26)15-6-10-17(28-4)11-7-15/h6-7,10-11,14,16,23H,8-9H2,1-5H3. The van der Waals surface area contributed by atoms with Gasteiger partial charge in [0.25, 0.3) is 5.91 Å².